The topological polar surface area (TPSA) is 231 Å². The van der Waals surface area contributed by atoms with Crippen LogP contribution in [0.25, 0.3) is 0 Å². The molecule has 7 N–H and O–H groups in total. The molecule has 0 spiro atoms. The molecule has 15 nitrogen and oxygen atoms in total. The molecule has 0 amide bonds. The summed E-state index contributed by atoms with van der Waals surface area (Å²) in [6.45, 7) is 2.16. The Morgan fingerprint density at radius 3 is 1.64 bits per heavy atom. The average molecular weight is 833 g/mol. The minimum atomic E-state index is -1.76. The van der Waals surface area contributed by atoms with Gasteiger partial charge in [-0.1, -0.05) is 109 Å². The minimum absolute atomic E-state index is 0.159. The minimum Gasteiger partial charge on any atom is -0.462 e. The lowest BCUT2D eigenvalue weighted by Crippen LogP contribution is -2.61. The number of rotatable bonds is 32. The van der Waals surface area contributed by atoms with Crippen LogP contribution >= 0.6 is 0 Å². The monoisotopic (exact) mass is 833 g/mol. The van der Waals surface area contributed by atoms with Gasteiger partial charge in [-0.2, -0.15) is 0 Å². The van der Waals surface area contributed by atoms with Gasteiger partial charge in [0.05, 0.1) is 19.8 Å². The van der Waals surface area contributed by atoms with Crippen LogP contribution < -0.4 is 0 Å². The Morgan fingerprint density at radius 2 is 1.07 bits per heavy atom. The summed E-state index contributed by atoms with van der Waals surface area (Å²) >= 11 is 0. The van der Waals surface area contributed by atoms with Gasteiger partial charge in [-0.15, -0.1) is 0 Å². The number of ether oxygens (including phenoxy) is 6. The molecule has 2 aliphatic rings. The predicted molar refractivity (Wildman–Crippen MR) is 215 cm³/mol. The van der Waals surface area contributed by atoms with Crippen molar-refractivity contribution in [1.29, 1.82) is 0 Å². The highest BCUT2D eigenvalue weighted by Gasteiger charge is 2.47. The maximum atomic E-state index is 12.8. The number of unbranched alkanes of at least 4 members (excludes halogenated alkanes) is 14. The van der Waals surface area contributed by atoms with Gasteiger partial charge in [0.1, 0.15) is 55.4 Å². The molecule has 0 radical (unpaired) electrons. The summed E-state index contributed by atoms with van der Waals surface area (Å²) in [5.41, 5.74) is 0. The van der Waals surface area contributed by atoms with E-state index in [4.69, 9.17) is 28.4 Å². The van der Waals surface area contributed by atoms with Gasteiger partial charge in [-0.05, 0) is 44.9 Å². The number of allylic oxidation sites excluding steroid dienone is 4. The van der Waals surface area contributed by atoms with Crippen LogP contribution in [0.2, 0.25) is 0 Å². The van der Waals surface area contributed by atoms with E-state index in [1.165, 1.54) is 64.2 Å². The van der Waals surface area contributed by atoms with Crippen LogP contribution in [0, 0.1) is 0 Å². The van der Waals surface area contributed by atoms with Gasteiger partial charge in [0, 0.05) is 12.8 Å². The molecular weight excluding hydrogens is 756 g/mol. The summed E-state index contributed by atoms with van der Waals surface area (Å²) in [5, 5.41) is 71.3. The van der Waals surface area contributed by atoms with E-state index in [2.05, 4.69) is 31.2 Å². The van der Waals surface area contributed by atoms with Gasteiger partial charge in [0.25, 0.3) is 0 Å². The fourth-order valence-electron chi connectivity index (χ4n) is 6.75. The lowest BCUT2D eigenvalue weighted by Gasteiger charge is -2.42. The van der Waals surface area contributed by atoms with Crippen LogP contribution in [-0.2, 0) is 38.0 Å². The molecule has 0 aromatic rings. The smallest absolute Gasteiger partial charge is 0.306 e. The van der Waals surface area contributed by atoms with Crippen molar-refractivity contribution in [2.75, 3.05) is 26.4 Å². The SMILES string of the molecule is CCCCCCC/C=C\C/C=C\CCCCCCCCCCCC(=O)OC(COC(=O)CCC)COC1OC(COC2OC(CO)C(O)C(O)C2O)C(O)C(O)C1O. The molecule has 11 unspecified atom stereocenters. The van der Waals surface area contributed by atoms with Crippen molar-refractivity contribution in [3.63, 3.8) is 0 Å². The molecule has 2 heterocycles. The number of carbonyl (C=O) groups excluding carboxylic acids is 2. The van der Waals surface area contributed by atoms with E-state index in [1.807, 2.05) is 6.92 Å². The van der Waals surface area contributed by atoms with E-state index >= 15 is 0 Å². The Hall–Kier alpha value is -2.02. The third kappa shape index (κ3) is 21.0. The van der Waals surface area contributed by atoms with Gasteiger partial charge in [0.2, 0.25) is 0 Å². The third-order valence-corrected chi connectivity index (χ3v) is 10.4. The standard InChI is InChI=1S/C43H76O15/c1-3-5-6-7-8-9-10-11-12-13-14-15-16-17-18-19-20-21-22-23-24-26-35(46)56-31(28-53-34(45)25-4-2)29-54-42-41(52)39(50)37(48)33(58-42)30-55-43-40(51)38(49)36(47)32(27-44)57-43/h10-11,13-14,31-33,36-44,47-52H,3-9,12,15-30H2,1-2H3/b11-10-,14-13-. The third-order valence-electron chi connectivity index (χ3n) is 10.4. The normalized spacial score (nSPS) is 28.3. The van der Waals surface area contributed by atoms with Crippen LogP contribution in [0.3, 0.4) is 0 Å². The van der Waals surface area contributed by atoms with Crippen LogP contribution in [0.15, 0.2) is 24.3 Å². The first kappa shape index (κ1) is 52.1. The Bertz CT molecular complexity index is 1120. The molecular formula is C43H76O15. The average Bonchev–Trinajstić information content (AvgIpc) is 3.21. The molecule has 2 fully saturated rings. The summed E-state index contributed by atoms with van der Waals surface area (Å²) in [6, 6.07) is 0. The number of carbonyl (C=O) groups is 2. The molecule has 338 valence electrons. The fourth-order valence-corrected chi connectivity index (χ4v) is 6.75. The number of hydrogen-bond donors (Lipinski definition) is 7. The zero-order valence-electron chi connectivity index (χ0n) is 35.0. The van der Waals surface area contributed by atoms with Crippen LogP contribution in [0.5, 0.6) is 0 Å². The number of esters is 2. The van der Waals surface area contributed by atoms with Gasteiger partial charge in [-0.25, -0.2) is 0 Å². The van der Waals surface area contributed by atoms with Gasteiger partial charge in [-0.3, -0.25) is 9.59 Å². The molecule has 0 aromatic carbocycles. The van der Waals surface area contributed by atoms with Crippen molar-refractivity contribution in [2.45, 2.75) is 210 Å². The zero-order chi connectivity index (χ0) is 42.5. The predicted octanol–water partition coefficient (Wildman–Crippen LogP) is 4.04. The summed E-state index contributed by atoms with van der Waals surface area (Å²) < 4.78 is 32.9. The highest BCUT2D eigenvalue weighted by molar-refractivity contribution is 5.70. The van der Waals surface area contributed by atoms with E-state index in [0.29, 0.717) is 12.8 Å². The van der Waals surface area contributed by atoms with Crippen molar-refractivity contribution in [2.24, 2.45) is 0 Å². The lowest BCUT2D eigenvalue weighted by atomic mass is 9.98. The van der Waals surface area contributed by atoms with Gasteiger partial charge < -0.3 is 64.2 Å². The molecule has 58 heavy (non-hydrogen) atoms. The van der Waals surface area contributed by atoms with E-state index in [-0.39, 0.29) is 26.1 Å². The first-order valence-electron chi connectivity index (χ1n) is 21.9. The summed E-state index contributed by atoms with van der Waals surface area (Å²) in [7, 11) is 0. The molecule has 15 heteroatoms. The van der Waals surface area contributed by atoms with Crippen LogP contribution in [0.4, 0.5) is 0 Å². The van der Waals surface area contributed by atoms with Crippen molar-refractivity contribution < 1.29 is 73.8 Å². The Balaban J connectivity index is 1.68. The molecule has 2 rings (SSSR count). The second-order valence-corrected chi connectivity index (χ2v) is 15.5. The number of aliphatic hydroxyl groups is 7. The second kappa shape index (κ2) is 31.8. The fraction of sp³-hybridized carbons (Fsp3) is 0.860. The first-order valence-corrected chi connectivity index (χ1v) is 21.9. The van der Waals surface area contributed by atoms with Crippen molar-refractivity contribution in [1.82, 2.24) is 0 Å². The summed E-state index contributed by atoms with van der Waals surface area (Å²) in [6.07, 6.45) is 12.8. The van der Waals surface area contributed by atoms with E-state index < -0.39 is 92.7 Å². The van der Waals surface area contributed by atoms with E-state index in [0.717, 1.165) is 38.5 Å². The summed E-state index contributed by atoms with van der Waals surface area (Å²) in [4.78, 5) is 24.8. The summed E-state index contributed by atoms with van der Waals surface area (Å²) in [5.74, 6) is -0.991. The van der Waals surface area contributed by atoms with Crippen molar-refractivity contribution in [3.8, 4) is 0 Å². The highest BCUT2D eigenvalue weighted by Crippen LogP contribution is 2.26. The largest absolute Gasteiger partial charge is 0.462 e. The molecule has 0 bridgehead atoms. The zero-order valence-corrected chi connectivity index (χ0v) is 35.0. The Labute approximate surface area is 345 Å². The molecule has 2 aliphatic heterocycles. The van der Waals surface area contributed by atoms with Crippen LogP contribution in [-0.4, -0.2) is 142 Å². The van der Waals surface area contributed by atoms with Gasteiger partial charge >= 0.3 is 11.9 Å². The van der Waals surface area contributed by atoms with Crippen molar-refractivity contribution >= 4 is 11.9 Å². The maximum Gasteiger partial charge on any atom is 0.306 e. The number of aliphatic hydroxyl groups excluding tert-OH is 7. The molecule has 11 atom stereocenters. The van der Waals surface area contributed by atoms with Crippen LogP contribution in [0.1, 0.15) is 142 Å². The van der Waals surface area contributed by atoms with E-state index in [9.17, 15) is 45.3 Å². The lowest BCUT2D eigenvalue weighted by molar-refractivity contribution is -0.332. The Morgan fingerprint density at radius 1 is 0.552 bits per heavy atom. The highest BCUT2D eigenvalue weighted by atomic mass is 16.7. The van der Waals surface area contributed by atoms with E-state index in [1.54, 1.807) is 0 Å². The first-order chi connectivity index (χ1) is 28.0. The maximum absolute atomic E-state index is 12.8. The molecule has 0 aliphatic carbocycles. The number of hydrogen-bond acceptors (Lipinski definition) is 15. The molecule has 0 saturated carbocycles. The van der Waals surface area contributed by atoms with Gasteiger partial charge in [0.15, 0.2) is 18.7 Å². The quantitative estimate of drug-likeness (QED) is 0.0288. The Kier molecular flexibility index (Phi) is 28.6. The molecule has 2 saturated heterocycles. The van der Waals surface area contributed by atoms with Crippen molar-refractivity contribution in [3.05, 3.63) is 24.3 Å². The second-order valence-electron chi connectivity index (χ2n) is 15.5. The molecule has 0 aromatic heterocycles.